The van der Waals surface area contributed by atoms with Crippen molar-refractivity contribution in [3.63, 3.8) is 0 Å². The summed E-state index contributed by atoms with van der Waals surface area (Å²) < 4.78 is 45.5. The quantitative estimate of drug-likeness (QED) is 0.190. The Hall–Kier alpha value is -3.41. The minimum absolute atomic E-state index is 0.118. The smallest absolute Gasteiger partial charge is 0.335 e. The largest absolute Gasteiger partial charge is 0.463 e. The number of rotatable bonds is 13. The van der Waals surface area contributed by atoms with Crippen molar-refractivity contribution in [2.75, 3.05) is 6.61 Å². The minimum atomic E-state index is -2.17. The van der Waals surface area contributed by atoms with Gasteiger partial charge in [0.05, 0.1) is 13.2 Å². The lowest BCUT2D eigenvalue weighted by molar-refractivity contribution is -0.290. The number of carbonyl (C=O) groups is 4. The van der Waals surface area contributed by atoms with Crippen molar-refractivity contribution in [1.29, 1.82) is 0 Å². The van der Waals surface area contributed by atoms with E-state index in [-0.39, 0.29) is 19.8 Å². The average molecular weight is 593 g/mol. The highest BCUT2D eigenvalue weighted by Gasteiger charge is 2.53. The molecule has 0 aliphatic carbocycles. The van der Waals surface area contributed by atoms with E-state index in [0.29, 0.717) is 0 Å². The topological polar surface area (TPSA) is 142 Å². The molecule has 0 bridgehead atoms. The van der Waals surface area contributed by atoms with Crippen LogP contribution in [0.3, 0.4) is 0 Å². The first-order valence-electron chi connectivity index (χ1n) is 12.7. The summed E-state index contributed by atoms with van der Waals surface area (Å²) in [5, 5.41) is 0. The number of hydrogen-bond donors (Lipinski definition) is 0. The molecule has 2 unspecified atom stereocenters. The summed E-state index contributed by atoms with van der Waals surface area (Å²) in [6, 6.07) is 18.6. The van der Waals surface area contributed by atoms with Crippen LogP contribution in [0.1, 0.15) is 38.8 Å². The van der Waals surface area contributed by atoms with E-state index in [1.54, 1.807) is 0 Å². The molecule has 0 radical (unpaired) electrons. The summed E-state index contributed by atoms with van der Waals surface area (Å²) in [6.45, 7) is 4.47. The molecule has 1 aliphatic heterocycles. The second-order valence-corrected chi connectivity index (χ2v) is 10.1. The summed E-state index contributed by atoms with van der Waals surface area (Å²) in [5.41, 5.74) is 1.68. The Kier molecular flexibility index (Phi) is 12.6. The molecule has 3 rings (SSSR count). The standard InChI is InChI=1S/C28H33O12P/c1-18(29)33-17-24-25(36-19(2)30)26(37-20(3)31)27(38-21(4)32)28(39-24)40-41(34-15-22-11-7-5-8-12-22)35-16-23-13-9-6-10-14-23/h5-14,24-28H,15-17H2,1-4H3/t24?,25-,26-,27+,28?/m0/s1. The third-order valence-corrected chi connectivity index (χ3v) is 6.56. The van der Waals surface area contributed by atoms with Gasteiger partial charge < -0.3 is 32.7 Å². The fraction of sp³-hybridized carbons (Fsp3) is 0.429. The maximum Gasteiger partial charge on any atom is 0.335 e. The summed E-state index contributed by atoms with van der Waals surface area (Å²) in [5.74, 6) is -2.86. The summed E-state index contributed by atoms with van der Waals surface area (Å²) in [6.07, 6.45) is -6.68. The van der Waals surface area contributed by atoms with E-state index in [4.69, 9.17) is 37.3 Å². The highest BCUT2D eigenvalue weighted by atomic mass is 31.2. The highest BCUT2D eigenvalue weighted by Crippen LogP contribution is 2.46. The predicted molar refractivity (Wildman–Crippen MR) is 142 cm³/mol. The van der Waals surface area contributed by atoms with Gasteiger partial charge in [0.25, 0.3) is 0 Å². The third kappa shape index (κ3) is 10.8. The second kappa shape index (κ2) is 16.1. The Bertz CT molecular complexity index is 1100. The molecule has 41 heavy (non-hydrogen) atoms. The summed E-state index contributed by atoms with van der Waals surface area (Å²) in [4.78, 5) is 47.7. The Morgan fingerprint density at radius 2 is 1.12 bits per heavy atom. The van der Waals surface area contributed by atoms with Crippen molar-refractivity contribution in [3.8, 4) is 0 Å². The first-order valence-corrected chi connectivity index (χ1v) is 13.8. The van der Waals surface area contributed by atoms with Crippen molar-refractivity contribution in [2.45, 2.75) is 71.6 Å². The van der Waals surface area contributed by atoms with Crippen LogP contribution in [-0.2, 0) is 69.6 Å². The van der Waals surface area contributed by atoms with E-state index >= 15 is 0 Å². The molecule has 13 heteroatoms. The normalized spacial score (nSPS) is 22.0. The van der Waals surface area contributed by atoms with Crippen molar-refractivity contribution in [3.05, 3.63) is 71.8 Å². The van der Waals surface area contributed by atoms with Crippen LogP contribution in [0.5, 0.6) is 0 Å². The van der Waals surface area contributed by atoms with Crippen LogP contribution < -0.4 is 0 Å². The number of carbonyl (C=O) groups excluding carboxylic acids is 4. The van der Waals surface area contributed by atoms with Gasteiger partial charge in [0.2, 0.25) is 6.29 Å². The Morgan fingerprint density at radius 1 is 0.659 bits per heavy atom. The SMILES string of the molecule is CC(=O)OCC1OC(OP(OCc2ccccc2)OCc2ccccc2)[C@H](OC(C)=O)[C@@H](OC(C)=O)[C@H]1OC(C)=O. The Labute approximate surface area is 239 Å². The fourth-order valence-corrected chi connectivity index (χ4v) is 4.90. The molecule has 2 aromatic carbocycles. The lowest BCUT2D eigenvalue weighted by Gasteiger charge is -2.44. The van der Waals surface area contributed by atoms with Gasteiger partial charge in [-0.05, 0) is 11.1 Å². The lowest BCUT2D eigenvalue weighted by atomic mass is 9.98. The first-order chi connectivity index (χ1) is 19.6. The van der Waals surface area contributed by atoms with Crippen LogP contribution >= 0.6 is 8.60 Å². The van der Waals surface area contributed by atoms with E-state index < -0.39 is 63.2 Å². The second-order valence-electron chi connectivity index (χ2n) is 8.91. The molecule has 1 aliphatic rings. The highest BCUT2D eigenvalue weighted by molar-refractivity contribution is 7.41. The van der Waals surface area contributed by atoms with Gasteiger partial charge in [-0.25, -0.2) is 0 Å². The van der Waals surface area contributed by atoms with E-state index in [2.05, 4.69) is 0 Å². The molecule has 0 aromatic heterocycles. The molecule has 0 spiro atoms. The van der Waals surface area contributed by atoms with Gasteiger partial charge in [0.1, 0.15) is 12.7 Å². The van der Waals surface area contributed by atoms with Gasteiger partial charge in [0.15, 0.2) is 18.3 Å². The first kappa shape index (κ1) is 32.1. The Morgan fingerprint density at radius 3 is 1.59 bits per heavy atom. The van der Waals surface area contributed by atoms with Gasteiger partial charge in [0, 0.05) is 27.7 Å². The van der Waals surface area contributed by atoms with Crippen LogP contribution in [0.15, 0.2) is 60.7 Å². The zero-order valence-electron chi connectivity index (χ0n) is 23.1. The van der Waals surface area contributed by atoms with Crippen LogP contribution in [0.2, 0.25) is 0 Å². The molecule has 1 saturated heterocycles. The van der Waals surface area contributed by atoms with Crippen molar-refractivity contribution in [2.24, 2.45) is 0 Å². The van der Waals surface area contributed by atoms with E-state index in [1.165, 1.54) is 6.92 Å². The van der Waals surface area contributed by atoms with Gasteiger partial charge in [-0.1, -0.05) is 60.7 Å². The molecule has 0 amide bonds. The molecular formula is C28H33O12P. The van der Waals surface area contributed by atoms with Crippen molar-refractivity contribution in [1.82, 2.24) is 0 Å². The summed E-state index contributed by atoms with van der Waals surface area (Å²) >= 11 is 0. The molecular weight excluding hydrogens is 559 g/mol. The molecule has 2 aromatic rings. The monoisotopic (exact) mass is 592 g/mol. The van der Waals surface area contributed by atoms with Crippen LogP contribution in [-0.4, -0.2) is 61.2 Å². The Balaban J connectivity index is 1.91. The van der Waals surface area contributed by atoms with Crippen LogP contribution in [0.4, 0.5) is 0 Å². The average Bonchev–Trinajstić information content (AvgIpc) is 2.92. The number of ether oxygens (including phenoxy) is 5. The van der Waals surface area contributed by atoms with Gasteiger partial charge in [-0.3, -0.25) is 23.7 Å². The zero-order chi connectivity index (χ0) is 29.8. The van der Waals surface area contributed by atoms with Gasteiger partial charge in [-0.15, -0.1) is 0 Å². The number of hydrogen-bond acceptors (Lipinski definition) is 12. The van der Waals surface area contributed by atoms with Gasteiger partial charge in [-0.2, -0.15) is 0 Å². The van der Waals surface area contributed by atoms with Crippen LogP contribution in [0, 0.1) is 0 Å². The summed E-state index contributed by atoms with van der Waals surface area (Å²) in [7, 11) is -2.17. The molecule has 1 heterocycles. The molecule has 0 saturated carbocycles. The van der Waals surface area contributed by atoms with E-state index in [1.807, 2.05) is 60.7 Å². The lowest BCUT2D eigenvalue weighted by Crippen LogP contribution is -2.62. The zero-order valence-corrected chi connectivity index (χ0v) is 24.0. The molecule has 1 fully saturated rings. The molecule has 12 nitrogen and oxygen atoms in total. The van der Waals surface area contributed by atoms with Crippen molar-refractivity contribution < 1.29 is 56.4 Å². The molecule has 5 atom stereocenters. The van der Waals surface area contributed by atoms with Crippen molar-refractivity contribution >= 4 is 32.5 Å². The van der Waals surface area contributed by atoms with Gasteiger partial charge >= 0.3 is 32.5 Å². The maximum absolute atomic E-state index is 12.1. The predicted octanol–water partition coefficient (Wildman–Crippen LogP) is 3.75. The molecule has 222 valence electrons. The van der Waals surface area contributed by atoms with E-state index in [0.717, 1.165) is 31.9 Å². The molecule has 0 N–H and O–H groups in total. The third-order valence-electron chi connectivity index (χ3n) is 5.50. The van der Waals surface area contributed by atoms with Crippen LogP contribution in [0.25, 0.3) is 0 Å². The maximum atomic E-state index is 12.1. The number of esters is 4. The number of benzene rings is 2. The minimum Gasteiger partial charge on any atom is -0.463 e. The van der Waals surface area contributed by atoms with E-state index in [9.17, 15) is 19.2 Å². The fourth-order valence-electron chi connectivity index (χ4n) is 3.86.